The third-order valence-corrected chi connectivity index (χ3v) is 4.75. The van der Waals surface area contributed by atoms with E-state index in [2.05, 4.69) is 32.1 Å². The summed E-state index contributed by atoms with van der Waals surface area (Å²) in [6.45, 7) is 4.17. The van der Waals surface area contributed by atoms with Crippen LogP contribution in [-0.4, -0.2) is 30.1 Å². The number of ether oxygens (including phenoxy) is 2. The van der Waals surface area contributed by atoms with Gasteiger partial charge in [-0.1, -0.05) is 18.5 Å². The largest absolute Gasteiger partial charge is 0.492 e. The van der Waals surface area contributed by atoms with Gasteiger partial charge in [-0.25, -0.2) is 0 Å². The van der Waals surface area contributed by atoms with Crippen LogP contribution in [0.2, 0.25) is 5.02 Å². The van der Waals surface area contributed by atoms with Crippen molar-refractivity contribution in [3.05, 3.63) is 57.0 Å². The summed E-state index contributed by atoms with van der Waals surface area (Å²) < 4.78 is 11.6. The van der Waals surface area contributed by atoms with E-state index in [0.29, 0.717) is 33.2 Å². The van der Waals surface area contributed by atoms with E-state index >= 15 is 0 Å². The molecule has 3 N–H and O–H groups in total. The molecule has 0 saturated carbocycles. The van der Waals surface area contributed by atoms with Gasteiger partial charge in [-0.3, -0.25) is 25.8 Å². The number of carbonyl (C=O) groups excluding carboxylic acids is 2. The van der Waals surface area contributed by atoms with Crippen LogP contribution < -0.4 is 25.6 Å². The summed E-state index contributed by atoms with van der Waals surface area (Å²) in [4.78, 5) is 24.2. The molecule has 0 aliphatic rings. The van der Waals surface area contributed by atoms with Gasteiger partial charge in [0.1, 0.15) is 11.5 Å². The molecule has 0 radical (unpaired) electrons. The van der Waals surface area contributed by atoms with Gasteiger partial charge in [-0.15, -0.1) is 0 Å². The van der Waals surface area contributed by atoms with Gasteiger partial charge >= 0.3 is 0 Å². The van der Waals surface area contributed by atoms with E-state index in [1.807, 2.05) is 13.8 Å². The highest BCUT2D eigenvalue weighted by Gasteiger charge is 2.12. The Balaban J connectivity index is 1.78. The van der Waals surface area contributed by atoms with Gasteiger partial charge in [0.25, 0.3) is 11.8 Å². The predicted molar refractivity (Wildman–Crippen MR) is 123 cm³/mol. The predicted octanol–water partition coefficient (Wildman–Crippen LogP) is 3.91. The number of hydrogen-bond donors (Lipinski definition) is 3. The van der Waals surface area contributed by atoms with E-state index in [-0.39, 0.29) is 11.7 Å². The molecule has 0 unspecified atom stereocenters. The number of hydrogen-bond acceptors (Lipinski definition) is 5. The van der Waals surface area contributed by atoms with Crippen molar-refractivity contribution in [1.82, 2.24) is 16.2 Å². The molecule has 2 aromatic rings. The Morgan fingerprint density at radius 3 is 2.50 bits per heavy atom. The van der Waals surface area contributed by atoms with Gasteiger partial charge in [-0.2, -0.15) is 0 Å². The van der Waals surface area contributed by atoms with Crippen molar-refractivity contribution < 1.29 is 19.1 Å². The van der Waals surface area contributed by atoms with Crippen LogP contribution in [0.15, 0.2) is 40.9 Å². The first-order chi connectivity index (χ1) is 14.3. The second-order valence-corrected chi connectivity index (χ2v) is 7.85. The maximum absolute atomic E-state index is 12.3. The van der Waals surface area contributed by atoms with Crippen molar-refractivity contribution >= 4 is 56.7 Å². The van der Waals surface area contributed by atoms with Crippen molar-refractivity contribution in [3.8, 4) is 11.5 Å². The van der Waals surface area contributed by atoms with Crippen molar-refractivity contribution in [2.75, 3.05) is 13.2 Å². The number of carbonyl (C=O) groups is 2. The van der Waals surface area contributed by atoms with Crippen molar-refractivity contribution in [2.24, 2.45) is 0 Å². The molecule has 0 heterocycles. The summed E-state index contributed by atoms with van der Waals surface area (Å²) in [5.41, 5.74) is 6.00. The fraction of sp³-hybridized carbons (Fsp3) is 0.250. The Bertz CT molecular complexity index is 942. The zero-order valence-corrected chi connectivity index (χ0v) is 19.5. The van der Waals surface area contributed by atoms with Gasteiger partial charge in [0, 0.05) is 10.6 Å². The summed E-state index contributed by atoms with van der Waals surface area (Å²) in [5, 5.41) is 3.01. The van der Waals surface area contributed by atoms with Gasteiger partial charge < -0.3 is 9.47 Å². The third-order valence-electron chi connectivity index (χ3n) is 3.69. The molecule has 2 amide bonds. The average Bonchev–Trinajstić information content (AvgIpc) is 2.70. The Hall–Kier alpha value is -2.36. The van der Waals surface area contributed by atoms with Crippen LogP contribution in [0.4, 0.5) is 0 Å². The maximum Gasteiger partial charge on any atom is 0.276 e. The molecule has 30 heavy (non-hydrogen) atoms. The molecule has 0 aromatic heterocycles. The lowest BCUT2D eigenvalue weighted by Crippen LogP contribution is -2.49. The molecule has 2 rings (SSSR count). The monoisotopic (exact) mass is 513 g/mol. The molecular formula is C20H21BrClN3O4S. The van der Waals surface area contributed by atoms with E-state index < -0.39 is 11.8 Å². The summed E-state index contributed by atoms with van der Waals surface area (Å²) in [6, 6.07) is 10.0. The third kappa shape index (κ3) is 7.47. The first-order valence-corrected chi connectivity index (χ1v) is 10.6. The minimum absolute atomic E-state index is 0.0570. The smallest absolute Gasteiger partial charge is 0.276 e. The molecule has 0 aliphatic carbocycles. The number of aryl methyl sites for hydroxylation is 1. The summed E-state index contributed by atoms with van der Waals surface area (Å²) in [5.74, 6) is 0.290. The van der Waals surface area contributed by atoms with Gasteiger partial charge in [-0.05, 0) is 83.5 Å². The number of thiocarbonyl (C=S) groups is 1. The highest BCUT2D eigenvalue weighted by molar-refractivity contribution is 9.10. The van der Waals surface area contributed by atoms with Crippen LogP contribution in [0.3, 0.4) is 0 Å². The summed E-state index contributed by atoms with van der Waals surface area (Å²) in [6.07, 6.45) is 0.880. The zero-order valence-electron chi connectivity index (χ0n) is 16.4. The zero-order chi connectivity index (χ0) is 22.1. The Morgan fingerprint density at radius 1 is 1.10 bits per heavy atom. The van der Waals surface area contributed by atoms with Gasteiger partial charge in [0.2, 0.25) is 0 Å². The van der Waals surface area contributed by atoms with Crippen LogP contribution in [-0.2, 0) is 4.79 Å². The molecule has 0 bridgehead atoms. The van der Waals surface area contributed by atoms with E-state index in [1.54, 1.807) is 36.4 Å². The second-order valence-electron chi connectivity index (χ2n) is 6.15. The molecule has 2 aromatic carbocycles. The van der Waals surface area contributed by atoms with Gasteiger partial charge in [0.15, 0.2) is 11.7 Å². The molecule has 0 spiro atoms. The first kappa shape index (κ1) is 23.9. The topological polar surface area (TPSA) is 88.7 Å². The standard InChI is InChI=1S/C20H21BrClN3O4S/c1-3-8-28-17-6-4-13(10-15(17)21)19(27)23-20(30)25-24-18(26)11-29-16-7-5-14(22)9-12(16)2/h4-7,9-10H,3,8,11H2,1-2H3,(H,24,26)(H2,23,25,27,30). The highest BCUT2D eigenvalue weighted by atomic mass is 79.9. The Morgan fingerprint density at radius 2 is 1.83 bits per heavy atom. The van der Waals surface area contributed by atoms with Crippen molar-refractivity contribution in [1.29, 1.82) is 0 Å². The minimum atomic E-state index is -0.471. The number of amides is 2. The van der Waals surface area contributed by atoms with Crippen LogP contribution in [0.25, 0.3) is 0 Å². The van der Waals surface area contributed by atoms with Crippen LogP contribution in [0, 0.1) is 6.92 Å². The minimum Gasteiger partial charge on any atom is -0.492 e. The first-order valence-electron chi connectivity index (χ1n) is 9.01. The highest BCUT2D eigenvalue weighted by Crippen LogP contribution is 2.26. The number of benzene rings is 2. The number of rotatable bonds is 7. The number of hydrazine groups is 1. The lowest BCUT2D eigenvalue weighted by molar-refractivity contribution is -0.123. The normalized spacial score (nSPS) is 10.1. The van der Waals surface area contributed by atoms with E-state index in [4.69, 9.17) is 33.3 Å². The Kier molecular flexibility index (Phi) is 9.35. The van der Waals surface area contributed by atoms with Crippen molar-refractivity contribution in [3.63, 3.8) is 0 Å². The average molecular weight is 515 g/mol. The van der Waals surface area contributed by atoms with Crippen LogP contribution >= 0.6 is 39.7 Å². The summed E-state index contributed by atoms with van der Waals surface area (Å²) >= 11 is 14.3. The lowest BCUT2D eigenvalue weighted by atomic mass is 10.2. The molecule has 0 aliphatic heterocycles. The van der Waals surface area contributed by atoms with E-state index in [1.165, 1.54) is 0 Å². The molecule has 7 nitrogen and oxygen atoms in total. The van der Waals surface area contributed by atoms with E-state index in [9.17, 15) is 9.59 Å². The molecular weight excluding hydrogens is 494 g/mol. The lowest BCUT2D eigenvalue weighted by Gasteiger charge is -2.13. The van der Waals surface area contributed by atoms with Crippen LogP contribution in [0.1, 0.15) is 29.3 Å². The molecule has 160 valence electrons. The molecule has 0 atom stereocenters. The van der Waals surface area contributed by atoms with Crippen molar-refractivity contribution in [2.45, 2.75) is 20.3 Å². The SMILES string of the molecule is CCCOc1ccc(C(=O)NC(=S)NNC(=O)COc2ccc(Cl)cc2C)cc1Br. The summed E-state index contributed by atoms with van der Waals surface area (Å²) in [7, 11) is 0. The fourth-order valence-corrected chi connectivity index (χ4v) is 3.12. The fourth-order valence-electron chi connectivity index (χ4n) is 2.26. The maximum atomic E-state index is 12.3. The molecule has 10 heteroatoms. The van der Waals surface area contributed by atoms with E-state index in [0.717, 1.165) is 12.0 Å². The molecule has 0 fully saturated rings. The van der Waals surface area contributed by atoms with Crippen LogP contribution in [0.5, 0.6) is 11.5 Å². The number of nitrogens with one attached hydrogen (secondary N) is 3. The Labute approximate surface area is 193 Å². The molecule has 0 saturated heterocycles. The number of halogens is 2. The van der Waals surface area contributed by atoms with Gasteiger partial charge in [0.05, 0.1) is 11.1 Å². The second kappa shape index (κ2) is 11.7. The quantitative estimate of drug-likeness (QED) is 0.383.